The van der Waals surface area contributed by atoms with Crippen LogP contribution in [-0.2, 0) is 0 Å². The van der Waals surface area contributed by atoms with Gasteiger partial charge < -0.3 is 10.5 Å². The van der Waals surface area contributed by atoms with Gasteiger partial charge in [-0.25, -0.2) is 0 Å². The van der Waals surface area contributed by atoms with Crippen molar-refractivity contribution in [2.75, 3.05) is 32.0 Å². The average molecular weight is 320 g/mol. The Bertz CT molecular complexity index is 488. The molecule has 0 saturated carbocycles. The molecule has 0 fully saturated rings. The van der Waals surface area contributed by atoms with Crippen LogP contribution in [0.2, 0.25) is 0 Å². The van der Waals surface area contributed by atoms with Crippen molar-refractivity contribution in [3.63, 3.8) is 0 Å². The summed E-state index contributed by atoms with van der Waals surface area (Å²) in [5.41, 5.74) is 7.19. The summed E-state index contributed by atoms with van der Waals surface area (Å²) in [4.78, 5) is 14.8. The second kappa shape index (κ2) is 9.56. The maximum atomic E-state index is 12.6. The highest BCUT2D eigenvalue weighted by atomic mass is 16.5. The minimum Gasteiger partial charge on any atom is -0.491 e. The van der Waals surface area contributed by atoms with E-state index in [1.54, 1.807) is 12.1 Å². The van der Waals surface area contributed by atoms with Gasteiger partial charge in [-0.15, -0.1) is 0 Å². The SMILES string of the molecule is CCCOc1ccc(C(=O)CN(CC(C)C)CC(C)C)cc1N. The Balaban J connectivity index is 2.76. The summed E-state index contributed by atoms with van der Waals surface area (Å²) in [6, 6.07) is 5.34. The molecule has 0 saturated heterocycles. The molecule has 0 unspecified atom stereocenters. The van der Waals surface area contributed by atoms with E-state index >= 15 is 0 Å². The van der Waals surface area contributed by atoms with Gasteiger partial charge in [0.05, 0.1) is 18.8 Å². The molecule has 1 aromatic rings. The number of ketones is 1. The highest BCUT2D eigenvalue weighted by Crippen LogP contribution is 2.23. The molecule has 4 nitrogen and oxygen atoms in total. The number of ether oxygens (including phenoxy) is 1. The standard InChI is InChI=1S/C19H32N2O2/c1-6-9-23-19-8-7-16(10-17(19)20)18(22)13-21(11-14(2)3)12-15(4)5/h7-8,10,14-15H,6,9,11-13,20H2,1-5H3. The summed E-state index contributed by atoms with van der Waals surface area (Å²) in [7, 11) is 0. The van der Waals surface area contributed by atoms with Crippen LogP contribution in [0.4, 0.5) is 5.69 Å². The molecule has 0 heterocycles. The zero-order valence-electron chi connectivity index (χ0n) is 15.3. The van der Waals surface area contributed by atoms with Gasteiger partial charge in [0.1, 0.15) is 5.75 Å². The van der Waals surface area contributed by atoms with Gasteiger partial charge in [0.2, 0.25) is 0 Å². The molecule has 130 valence electrons. The zero-order chi connectivity index (χ0) is 17.4. The zero-order valence-corrected chi connectivity index (χ0v) is 15.3. The van der Waals surface area contributed by atoms with Crippen molar-refractivity contribution in [3.05, 3.63) is 23.8 Å². The monoisotopic (exact) mass is 320 g/mol. The summed E-state index contributed by atoms with van der Waals surface area (Å²) >= 11 is 0. The van der Waals surface area contributed by atoms with E-state index in [1.807, 2.05) is 13.0 Å². The number of nitrogen functional groups attached to an aromatic ring is 1. The van der Waals surface area contributed by atoms with E-state index in [0.29, 0.717) is 42.0 Å². The number of benzene rings is 1. The van der Waals surface area contributed by atoms with Crippen molar-refractivity contribution in [3.8, 4) is 5.75 Å². The number of carbonyl (C=O) groups excluding carboxylic acids is 1. The van der Waals surface area contributed by atoms with E-state index in [2.05, 4.69) is 32.6 Å². The average Bonchev–Trinajstić information content (AvgIpc) is 2.44. The van der Waals surface area contributed by atoms with Crippen LogP contribution in [0, 0.1) is 11.8 Å². The van der Waals surface area contributed by atoms with Crippen LogP contribution in [0.3, 0.4) is 0 Å². The molecule has 1 rings (SSSR count). The number of hydrogen-bond donors (Lipinski definition) is 1. The second-order valence-corrected chi connectivity index (χ2v) is 7.01. The lowest BCUT2D eigenvalue weighted by atomic mass is 10.1. The number of anilines is 1. The van der Waals surface area contributed by atoms with Crippen molar-refractivity contribution in [2.45, 2.75) is 41.0 Å². The first kappa shape index (κ1) is 19.5. The molecule has 0 aliphatic heterocycles. The fraction of sp³-hybridized carbons (Fsp3) is 0.632. The lowest BCUT2D eigenvalue weighted by Crippen LogP contribution is -2.35. The Morgan fingerprint density at radius 2 is 1.78 bits per heavy atom. The number of carbonyl (C=O) groups is 1. The molecule has 23 heavy (non-hydrogen) atoms. The number of nitrogens with two attached hydrogens (primary N) is 1. The number of rotatable bonds is 10. The molecule has 0 spiro atoms. The highest BCUT2D eigenvalue weighted by Gasteiger charge is 2.16. The molecule has 0 atom stereocenters. The van der Waals surface area contributed by atoms with Crippen molar-refractivity contribution in [2.24, 2.45) is 11.8 Å². The fourth-order valence-corrected chi connectivity index (χ4v) is 2.60. The molecule has 0 aliphatic rings. The predicted octanol–water partition coefficient (Wildman–Crippen LogP) is 3.85. The molecule has 0 aliphatic carbocycles. The molecular formula is C19H32N2O2. The summed E-state index contributed by atoms with van der Waals surface area (Å²) in [6.45, 7) is 13.7. The van der Waals surface area contributed by atoms with E-state index in [4.69, 9.17) is 10.5 Å². The van der Waals surface area contributed by atoms with Crippen LogP contribution in [0.15, 0.2) is 18.2 Å². The van der Waals surface area contributed by atoms with Gasteiger partial charge in [0.15, 0.2) is 5.78 Å². The van der Waals surface area contributed by atoms with Gasteiger partial charge in [-0.3, -0.25) is 9.69 Å². The lowest BCUT2D eigenvalue weighted by Gasteiger charge is -2.25. The van der Waals surface area contributed by atoms with E-state index < -0.39 is 0 Å². The van der Waals surface area contributed by atoms with Gasteiger partial charge in [-0.2, -0.15) is 0 Å². The van der Waals surface area contributed by atoms with Crippen LogP contribution in [0.5, 0.6) is 5.75 Å². The maximum Gasteiger partial charge on any atom is 0.176 e. The molecule has 0 bridgehead atoms. The van der Waals surface area contributed by atoms with Crippen molar-refractivity contribution >= 4 is 11.5 Å². The van der Waals surface area contributed by atoms with Crippen LogP contribution in [0.25, 0.3) is 0 Å². The quantitative estimate of drug-likeness (QED) is 0.525. The summed E-state index contributed by atoms with van der Waals surface area (Å²) in [5, 5.41) is 0. The third-order valence-corrected chi connectivity index (χ3v) is 3.41. The van der Waals surface area contributed by atoms with Crippen LogP contribution < -0.4 is 10.5 Å². The van der Waals surface area contributed by atoms with Crippen LogP contribution >= 0.6 is 0 Å². The Labute approximate surface area is 141 Å². The minimum absolute atomic E-state index is 0.111. The Kier molecular flexibility index (Phi) is 8.10. The van der Waals surface area contributed by atoms with Crippen molar-refractivity contribution < 1.29 is 9.53 Å². The van der Waals surface area contributed by atoms with Crippen molar-refractivity contribution in [1.29, 1.82) is 0 Å². The second-order valence-electron chi connectivity index (χ2n) is 7.01. The van der Waals surface area contributed by atoms with Gasteiger partial charge in [0, 0.05) is 18.7 Å². The molecule has 4 heteroatoms. The first-order valence-electron chi connectivity index (χ1n) is 8.61. The summed E-state index contributed by atoms with van der Waals surface area (Å²) in [5.74, 6) is 1.84. The van der Waals surface area contributed by atoms with Gasteiger partial charge >= 0.3 is 0 Å². The largest absolute Gasteiger partial charge is 0.491 e. The van der Waals surface area contributed by atoms with Gasteiger partial charge in [-0.05, 0) is 36.5 Å². The molecule has 0 radical (unpaired) electrons. The third-order valence-electron chi connectivity index (χ3n) is 3.41. The van der Waals surface area contributed by atoms with E-state index in [9.17, 15) is 4.79 Å². The highest BCUT2D eigenvalue weighted by molar-refractivity contribution is 5.98. The summed E-state index contributed by atoms with van der Waals surface area (Å²) < 4.78 is 5.56. The molecule has 2 N–H and O–H groups in total. The molecule has 0 aromatic heterocycles. The first-order valence-corrected chi connectivity index (χ1v) is 8.61. The number of hydrogen-bond acceptors (Lipinski definition) is 4. The van der Waals surface area contributed by atoms with Gasteiger partial charge in [0.25, 0.3) is 0 Å². The maximum absolute atomic E-state index is 12.6. The van der Waals surface area contributed by atoms with Crippen LogP contribution in [-0.4, -0.2) is 36.9 Å². The minimum atomic E-state index is 0.111. The topological polar surface area (TPSA) is 55.6 Å². The number of nitrogens with zero attached hydrogens (tertiary/aromatic N) is 1. The first-order chi connectivity index (χ1) is 10.8. The van der Waals surface area contributed by atoms with Crippen molar-refractivity contribution in [1.82, 2.24) is 4.90 Å². The smallest absolute Gasteiger partial charge is 0.176 e. The fourth-order valence-electron chi connectivity index (χ4n) is 2.60. The van der Waals surface area contributed by atoms with E-state index in [1.165, 1.54) is 0 Å². The third kappa shape index (κ3) is 7.04. The summed E-state index contributed by atoms with van der Waals surface area (Å²) in [6.07, 6.45) is 0.930. The Morgan fingerprint density at radius 3 is 2.26 bits per heavy atom. The molecule has 0 amide bonds. The molecular weight excluding hydrogens is 288 g/mol. The Morgan fingerprint density at radius 1 is 1.17 bits per heavy atom. The number of Topliss-reactive ketones (excluding diaryl/α,β-unsaturated/α-hetero) is 1. The van der Waals surface area contributed by atoms with E-state index in [0.717, 1.165) is 19.5 Å². The lowest BCUT2D eigenvalue weighted by molar-refractivity contribution is 0.0912. The molecule has 1 aromatic carbocycles. The van der Waals surface area contributed by atoms with Crippen LogP contribution in [0.1, 0.15) is 51.4 Å². The normalized spacial score (nSPS) is 11.5. The van der Waals surface area contributed by atoms with Gasteiger partial charge in [-0.1, -0.05) is 34.6 Å². The Hall–Kier alpha value is -1.55. The predicted molar refractivity (Wildman–Crippen MR) is 97.1 cm³/mol. The van der Waals surface area contributed by atoms with E-state index in [-0.39, 0.29) is 5.78 Å².